The second-order valence-electron chi connectivity index (χ2n) is 2.71. The Hall–Kier alpha value is -0.120. The molecule has 0 aromatic carbocycles. The van der Waals surface area contributed by atoms with E-state index in [9.17, 15) is 0 Å². The summed E-state index contributed by atoms with van der Waals surface area (Å²) in [6.45, 7) is 4.43. The molecule has 1 unspecified atom stereocenters. The average molecular weight is 129 g/mol. The minimum Gasteiger partial charge on any atom is -0.289 e. The summed E-state index contributed by atoms with van der Waals surface area (Å²) in [5.74, 6) is 0. The van der Waals surface area contributed by atoms with E-state index < -0.39 is 0 Å². The molecule has 0 radical (unpaired) electrons. The van der Waals surface area contributed by atoms with Gasteiger partial charge < -0.3 is 0 Å². The quantitative estimate of drug-likeness (QED) is 0.485. The van der Waals surface area contributed by atoms with Gasteiger partial charge in [0.25, 0.3) is 0 Å². The van der Waals surface area contributed by atoms with Crippen LogP contribution >= 0.6 is 0 Å². The second-order valence-corrected chi connectivity index (χ2v) is 2.71. The minimum absolute atomic E-state index is 0.490. The van der Waals surface area contributed by atoms with Gasteiger partial charge in [-0.25, -0.2) is 10.4 Å². The van der Waals surface area contributed by atoms with E-state index in [0.29, 0.717) is 6.17 Å². The van der Waals surface area contributed by atoms with Crippen molar-refractivity contribution in [3.8, 4) is 0 Å². The van der Waals surface area contributed by atoms with Crippen LogP contribution in [-0.4, -0.2) is 43.3 Å². The fraction of sp³-hybridized carbons (Fsp3) is 1.00. The first-order valence-electron chi connectivity index (χ1n) is 3.37. The highest BCUT2D eigenvalue weighted by atomic mass is 15.6. The molecule has 1 aliphatic rings. The van der Waals surface area contributed by atoms with Crippen molar-refractivity contribution in [3.63, 3.8) is 0 Å². The normalized spacial score (nSPS) is 33.0. The van der Waals surface area contributed by atoms with Crippen LogP contribution in [0.1, 0.15) is 6.92 Å². The predicted octanol–water partition coefficient (Wildman–Crippen LogP) is -0.286. The highest BCUT2D eigenvalue weighted by Crippen LogP contribution is 1.97. The molecule has 0 aliphatic carbocycles. The molecule has 0 aromatic heterocycles. The maximum atomic E-state index is 3.29. The van der Waals surface area contributed by atoms with Gasteiger partial charge in [0.15, 0.2) is 0 Å². The molecule has 1 N–H and O–H groups in total. The van der Waals surface area contributed by atoms with E-state index in [1.54, 1.807) is 0 Å². The van der Waals surface area contributed by atoms with Crippen LogP contribution in [-0.2, 0) is 0 Å². The first-order valence-corrected chi connectivity index (χ1v) is 3.37. The van der Waals surface area contributed by atoms with Crippen molar-refractivity contribution in [1.82, 2.24) is 15.3 Å². The standard InChI is InChI=1S/C6H15N3/c1-6-7-9(3)5-4-8(6)2/h6-7H,4-5H2,1-3H3. The third kappa shape index (κ3) is 1.64. The van der Waals surface area contributed by atoms with E-state index in [4.69, 9.17) is 0 Å². The van der Waals surface area contributed by atoms with E-state index in [2.05, 4.69) is 36.4 Å². The molecule has 1 heterocycles. The van der Waals surface area contributed by atoms with Gasteiger partial charge in [-0.3, -0.25) is 4.90 Å². The van der Waals surface area contributed by atoms with Crippen LogP contribution in [0, 0.1) is 0 Å². The molecule has 0 bridgehead atoms. The molecule has 0 amide bonds. The molecule has 54 valence electrons. The van der Waals surface area contributed by atoms with Gasteiger partial charge in [-0.05, 0) is 14.0 Å². The Kier molecular flexibility index (Phi) is 2.05. The van der Waals surface area contributed by atoms with Gasteiger partial charge >= 0.3 is 0 Å². The fourth-order valence-electron chi connectivity index (χ4n) is 0.983. The third-order valence-corrected chi connectivity index (χ3v) is 1.86. The van der Waals surface area contributed by atoms with E-state index in [-0.39, 0.29) is 0 Å². The third-order valence-electron chi connectivity index (χ3n) is 1.86. The van der Waals surface area contributed by atoms with Crippen LogP contribution in [0.25, 0.3) is 0 Å². The van der Waals surface area contributed by atoms with E-state index >= 15 is 0 Å². The molecule has 1 rings (SSSR count). The Morgan fingerprint density at radius 2 is 2.00 bits per heavy atom. The van der Waals surface area contributed by atoms with E-state index in [1.165, 1.54) is 0 Å². The number of hydrogen-bond acceptors (Lipinski definition) is 3. The van der Waals surface area contributed by atoms with Crippen molar-refractivity contribution in [2.45, 2.75) is 13.1 Å². The molecule has 9 heavy (non-hydrogen) atoms. The number of hydrazine groups is 1. The fourth-order valence-corrected chi connectivity index (χ4v) is 0.983. The van der Waals surface area contributed by atoms with Gasteiger partial charge in [-0.15, -0.1) is 0 Å². The second kappa shape index (κ2) is 2.64. The lowest BCUT2D eigenvalue weighted by Crippen LogP contribution is -2.56. The number of rotatable bonds is 0. The van der Waals surface area contributed by atoms with Crippen LogP contribution in [0.4, 0.5) is 0 Å². The monoisotopic (exact) mass is 129 g/mol. The van der Waals surface area contributed by atoms with Gasteiger partial charge in [0.05, 0.1) is 6.17 Å². The highest BCUT2D eigenvalue weighted by molar-refractivity contribution is 4.65. The van der Waals surface area contributed by atoms with Gasteiger partial charge in [-0.1, -0.05) is 0 Å². The molecule has 3 nitrogen and oxygen atoms in total. The first-order chi connectivity index (χ1) is 4.20. The summed E-state index contributed by atoms with van der Waals surface area (Å²) >= 11 is 0. The average Bonchev–Trinajstić information content (AvgIpc) is 1.80. The SMILES string of the molecule is CC1NN(C)CCN1C. The maximum absolute atomic E-state index is 3.29. The van der Waals surface area contributed by atoms with Crippen molar-refractivity contribution in [2.75, 3.05) is 27.2 Å². The summed E-state index contributed by atoms with van der Waals surface area (Å²) in [5, 5.41) is 2.13. The van der Waals surface area contributed by atoms with Crippen molar-refractivity contribution >= 4 is 0 Å². The molecule has 1 saturated heterocycles. The molecule has 0 spiro atoms. The number of nitrogens with one attached hydrogen (secondary N) is 1. The number of likely N-dealkylation sites (N-methyl/N-ethyl adjacent to an activating group) is 2. The highest BCUT2D eigenvalue weighted by Gasteiger charge is 2.15. The molecule has 0 saturated carbocycles. The van der Waals surface area contributed by atoms with Crippen molar-refractivity contribution < 1.29 is 0 Å². The van der Waals surface area contributed by atoms with E-state index in [1.807, 2.05) is 0 Å². The zero-order chi connectivity index (χ0) is 6.85. The van der Waals surface area contributed by atoms with Crippen molar-refractivity contribution in [3.05, 3.63) is 0 Å². The molecule has 1 fully saturated rings. The summed E-state index contributed by atoms with van der Waals surface area (Å²) < 4.78 is 0. The van der Waals surface area contributed by atoms with Crippen molar-refractivity contribution in [2.24, 2.45) is 0 Å². The summed E-state index contributed by atoms with van der Waals surface area (Å²) in [6.07, 6.45) is 0.490. The Labute approximate surface area is 56.6 Å². The topological polar surface area (TPSA) is 18.5 Å². The van der Waals surface area contributed by atoms with Crippen LogP contribution in [0.2, 0.25) is 0 Å². The Bertz CT molecular complexity index is 94.3. The van der Waals surface area contributed by atoms with Crippen LogP contribution in [0.15, 0.2) is 0 Å². The lowest BCUT2D eigenvalue weighted by atomic mass is 10.4. The zero-order valence-electron chi connectivity index (χ0n) is 6.39. The van der Waals surface area contributed by atoms with Crippen LogP contribution < -0.4 is 5.43 Å². The largest absolute Gasteiger partial charge is 0.289 e. The summed E-state index contributed by atoms with van der Waals surface area (Å²) in [4.78, 5) is 2.29. The predicted molar refractivity (Wildman–Crippen MR) is 37.9 cm³/mol. The van der Waals surface area contributed by atoms with Crippen molar-refractivity contribution in [1.29, 1.82) is 0 Å². The number of nitrogens with zero attached hydrogens (tertiary/aromatic N) is 2. The summed E-state index contributed by atoms with van der Waals surface area (Å²) in [6, 6.07) is 0. The Morgan fingerprint density at radius 1 is 1.33 bits per heavy atom. The molecular weight excluding hydrogens is 114 g/mol. The number of hydrogen-bond donors (Lipinski definition) is 1. The molecule has 0 aromatic rings. The van der Waals surface area contributed by atoms with Gasteiger partial charge in [-0.2, -0.15) is 0 Å². The minimum atomic E-state index is 0.490. The lowest BCUT2D eigenvalue weighted by molar-refractivity contribution is 0.0492. The first kappa shape index (κ1) is 6.99. The summed E-state index contributed by atoms with van der Waals surface area (Å²) in [5.41, 5.74) is 3.29. The van der Waals surface area contributed by atoms with Gasteiger partial charge in [0.1, 0.15) is 0 Å². The van der Waals surface area contributed by atoms with E-state index in [0.717, 1.165) is 13.1 Å². The van der Waals surface area contributed by atoms with Gasteiger partial charge in [0.2, 0.25) is 0 Å². The molecule has 1 aliphatic heterocycles. The van der Waals surface area contributed by atoms with Crippen LogP contribution in [0.5, 0.6) is 0 Å². The van der Waals surface area contributed by atoms with Crippen LogP contribution in [0.3, 0.4) is 0 Å². The molecular formula is C6H15N3. The molecule has 3 heteroatoms. The summed E-state index contributed by atoms with van der Waals surface area (Å²) in [7, 11) is 4.20. The smallest absolute Gasteiger partial charge is 0.0700 e. The zero-order valence-corrected chi connectivity index (χ0v) is 6.39. The Balaban J connectivity index is 2.35. The Morgan fingerprint density at radius 3 is 2.44 bits per heavy atom. The van der Waals surface area contributed by atoms with Gasteiger partial charge in [0, 0.05) is 20.1 Å². The lowest BCUT2D eigenvalue weighted by Gasteiger charge is -2.36. The molecule has 1 atom stereocenters. The maximum Gasteiger partial charge on any atom is 0.0700 e.